The van der Waals surface area contributed by atoms with Crippen molar-refractivity contribution in [1.82, 2.24) is 0 Å². The van der Waals surface area contributed by atoms with E-state index in [0.717, 1.165) is 30.8 Å². The van der Waals surface area contributed by atoms with Crippen LogP contribution in [-0.2, 0) is 6.42 Å². The summed E-state index contributed by atoms with van der Waals surface area (Å²) in [5.41, 5.74) is 1.74. The normalized spacial score (nSPS) is 13.8. The van der Waals surface area contributed by atoms with E-state index in [0.29, 0.717) is 16.0 Å². The van der Waals surface area contributed by atoms with Crippen LogP contribution in [0.3, 0.4) is 0 Å². The Bertz CT molecular complexity index is 601. The lowest BCUT2D eigenvalue weighted by Gasteiger charge is -2.17. The maximum atomic E-state index is 12.2. The predicted octanol–water partition coefficient (Wildman–Crippen LogP) is 3.60. The molecule has 1 aromatic carbocycles. The Morgan fingerprint density at radius 1 is 1.22 bits per heavy atom. The van der Waals surface area contributed by atoms with Crippen molar-refractivity contribution in [3.05, 3.63) is 51.9 Å². The molecule has 4 heteroatoms. The predicted molar refractivity (Wildman–Crippen MR) is 70.1 cm³/mol. The monoisotopic (exact) mass is 306 g/mol. The average molecular weight is 307 g/mol. The van der Waals surface area contributed by atoms with E-state index in [1.807, 2.05) is 12.1 Å². The van der Waals surface area contributed by atoms with Crippen LogP contribution in [0.25, 0.3) is 0 Å². The molecule has 92 valence electrons. The number of ether oxygens (including phenoxy) is 1. The third kappa shape index (κ3) is 2.08. The zero-order valence-corrected chi connectivity index (χ0v) is 11.2. The van der Waals surface area contributed by atoms with Gasteiger partial charge in [0, 0.05) is 5.56 Å². The van der Waals surface area contributed by atoms with E-state index in [-0.39, 0.29) is 5.78 Å². The molecule has 0 saturated carbocycles. The molecule has 3 rings (SSSR count). The summed E-state index contributed by atoms with van der Waals surface area (Å²) in [6.07, 6.45) is 1.95. The molecule has 2 aromatic rings. The Labute approximate surface area is 113 Å². The minimum atomic E-state index is -0.103. The fourth-order valence-corrected chi connectivity index (χ4v) is 2.39. The van der Waals surface area contributed by atoms with Gasteiger partial charge in [-0.05, 0) is 64.7 Å². The number of hydrogen-bond acceptors (Lipinski definition) is 3. The second kappa shape index (κ2) is 4.61. The molecule has 0 amide bonds. The quantitative estimate of drug-likeness (QED) is 0.796. The minimum Gasteiger partial charge on any atom is -0.493 e. The Balaban J connectivity index is 1.95. The number of ketones is 1. The van der Waals surface area contributed by atoms with Gasteiger partial charge < -0.3 is 9.15 Å². The second-order valence-corrected chi connectivity index (χ2v) is 4.99. The number of aryl methyl sites for hydroxylation is 1. The summed E-state index contributed by atoms with van der Waals surface area (Å²) in [6.45, 7) is 0.755. The van der Waals surface area contributed by atoms with Crippen molar-refractivity contribution in [1.29, 1.82) is 0 Å². The molecule has 0 aliphatic carbocycles. The van der Waals surface area contributed by atoms with E-state index in [1.165, 1.54) is 0 Å². The van der Waals surface area contributed by atoms with E-state index in [4.69, 9.17) is 9.15 Å². The van der Waals surface area contributed by atoms with Crippen molar-refractivity contribution >= 4 is 21.7 Å². The van der Waals surface area contributed by atoms with Crippen molar-refractivity contribution in [3.63, 3.8) is 0 Å². The molecular formula is C14H11BrO3. The van der Waals surface area contributed by atoms with Crippen LogP contribution in [0.15, 0.2) is 39.4 Å². The molecule has 0 fully saturated rings. The Hall–Kier alpha value is -1.55. The molecule has 0 spiro atoms. The maximum absolute atomic E-state index is 12.2. The Kier molecular flexibility index (Phi) is 2.96. The fraction of sp³-hybridized carbons (Fsp3) is 0.214. The molecule has 0 bridgehead atoms. The number of fused-ring (bicyclic) bond motifs is 1. The molecule has 0 N–H and O–H groups in total. The fourth-order valence-electron chi connectivity index (χ4n) is 2.08. The van der Waals surface area contributed by atoms with Crippen molar-refractivity contribution in [2.75, 3.05) is 6.61 Å². The van der Waals surface area contributed by atoms with Crippen LogP contribution in [-0.4, -0.2) is 12.4 Å². The summed E-state index contributed by atoms with van der Waals surface area (Å²) in [6, 6.07) is 8.92. The average Bonchev–Trinajstić information content (AvgIpc) is 2.84. The number of benzene rings is 1. The molecule has 18 heavy (non-hydrogen) atoms. The largest absolute Gasteiger partial charge is 0.493 e. The first-order chi connectivity index (χ1) is 8.74. The Morgan fingerprint density at radius 2 is 2.11 bits per heavy atom. The van der Waals surface area contributed by atoms with Crippen LogP contribution >= 0.6 is 15.9 Å². The van der Waals surface area contributed by atoms with E-state index in [2.05, 4.69) is 15.9 Å². The van der Waals surface area contributed by atoms with E-state index >= 15 is 0 Å². The van der Waals surface area contributed by atoms with Gasteiger partial charge in [-0.2, -0.15) is 0 Å². The summed E-state index contributed by atoms with van der Waals surface area (Å²) >= 11 is 3.19. The van der Waals surface area contributed by atoms with E-state index in [1.54, 1.807) is 18.2 Å². The molecule has 1 aliphatic heterocycles. The smallest absolute Gasteiger partial charge is 0.228 e. The number of halogens is 1. The first kappa shape index (κ1) is 11.5. The Morgan fingerprint density at radius 3 is 2.89 bits per heavy atom. The summed E-state index contributed by atoms with van der Waals surface area (Å²) in [7, 11) is 0. The molecule has 0 atom stereocenters. The molecular weight excluding hydrogens is 296 g/mol. The summed E-state index contributed by atoms with van der Waals surface area (Å²) < 4.78 is 11.4. The van der Waals surface area contributed by atoms with Gasteiger partial charge in [-0.3, -0.25) is 4.79 Å². The molecule has 3 nitrogen and oxygen atoms in total. The van der Waals surface area contributed by atoms with Gasteiger partial charge in [-0.15, -0.1) is 0 Å². The van der Waals surface area contributed by atoms with Crippen molar-refractivity contribution in [2.45, 2.75) is 12.8 Å². The highest BCUT2D eigenvalue weighted by atomic mass is 79.9. The zero-order chi connectivity index (χ0) is 12.5. The van der Waals surface area contributed by atoms with E-state index < -0.39 is 0 Å². The first-order valence-corrected chi connectivity index (χ1v) is 6.59. The first-order valence-electron chi connectivity index (χ1n) is 5.80. The van der Waals surface area contributed by atoms with Gasteiger partial charge in [0.2, 0.25) is 5.78 Å². The number of hydrogen-bond donors (Lipinski definition) is 0. The summed E-state index contributed by atoms with van der Waals surface area (Å²) in [5.74, 6) is 1.13. The lowest BCUT2D eigenvalue weighted by Crippen LogP contribution is -2.09. The molecule has 1 aromatic heterocycles. The molecule has 0 saturated heterocycles. The van der Waals surface area contributed by atoms with Gasteiger partial charge in [0.05, 0.1) is 6.61 Å². The highest BCUT2D eigenvalue weighted by molar-refractivity contribution is 9.10. The van der Waals surface area contributed by atoms with Gasteiger partial charge in [-0.1, -0.05) is 0 Å². The van der Waals surface area contributed by atoms with Crippen LogP contribution in [0.4, 0.5) is 0 Å². The van der Waals surface area contributed by atoms with E-state index in [9.17, 15) is 4.79 Å². The second-order valence-electron chi connectivity index (χ2n) is 4.21. The number of carbonyl (C=O) groups is 1. The van der Waals surface area contributed by atoms with Crippen LogP contribution in [0, 0.1) is 0 Å². The standard InChI is InChI=1S/C14H11BrO3/c15-13-6-5-12(18-13)14(16)10-3-4-11-9(8-10)2-1-7-17-11/h3-6,8H,1-2,7H2. The van der Waals surface area contributed by atoms with Crippen LogP contribution < -0.4 is 4.74 Å². The van der Waals surface area contributed by atoms with Gasteiger partial charge in [0.1, 0.15) is 5.75 Å². The maximum Gasteiger partial charge on any atom is 0.228 e. The zero-order valence-electron chi connectivity index (χ0n) is 9.61. The van der Waals surface area contributed by atoms with Crippen molar-refractivity contribution < 1.29 is 13.9 Å². The SMILES string of the molecule is O=C(c1ccc2c(c1)CCCO2)c1ccc(Br)o1. The van der Waals surface area contributed by atoms with Crippen LogP contribution in [0.2, 0.25) is 0 Å². The number of furan rings is 1. The number of rotatable bonds is 2. The van der Waals surface area contributed by atoms with Gasteiger partial charge in [0.15, 0.2) is 10.4 Å². The topological polar surface area (TPSA) is 39.4 Å². The minimum absolute atomic E-state index is 0.103. The van der Waals surface area contributed by atoms with Gasteiger partial charge in [-0.25, -0.2) is 0 Å². The highest BCUT2D eigenvalue weighted by Gasteiger charge is 2.17. The lowest BCUT2D eigenvalue weighted by atomic mass is 10.0. The summed E-state index contributed by atoms with van der Waals surface area (Å²) in [4.78, 5) is 12.2. The third-order valence-corrected chi connectivity index (χ3v) is 3.39. The van der Waals surface area contributed by atoms with Gasteiger partial charge >= 0.3 is 0 Å². The van der Waals surface area contributed by atoms with Crippen LogP contribution in [0.5, 0.6) is 5.75 Å². The molecule has 0 radical (unpaired) electrons. The molecule has 0 unspecified atom stereocenters. The number of carbonyl (C=O) groups excluding carboxylic acids is 1. The molecule has 1 aliphatic rings. The van der Waals surface area contributed by atoms with Crippen LogP contribution in [0.1, 0.15) is 28.1 Å². The summed E-state index contributed by atoms with van der Waals surface area (Å²) in [5, 5.41) is 0. The lowest BCUT2D eigenvalue weighted by molar-refractivity contribution is 0.101. The van der Waals surface area contributed by atoms with Crippen molar-refractivity contribution in [2.24, 2.45) is 0 Å². The third-order valence-electron chi connectivity index (χ3n) is 2.97. The van der Waals surface area contributed by atoms with Gasteiger partial charge in [0.25, 0.3) is 0 Å². The van der Waals surface area contributed by atoms with Crippen molar-refractivity contribution in [3.8, 4) is 5.75 Å². The highest BCUT2D eigenvalue weighted by Crippen LogP contribution is 2.27. The molecule has 2 heterocycles.